The first kappa shape index (κ1) is 11.6. The number of hydrogen-bond donors (Lipinski definition) is 1. The summed E-state index contributed by atoms with van der Waals surface area (Å²) in [4.78, 5) is 8.50. The predicted molar refractivity (Wildman–Crippen MR) is 67.2 cm³/mol. The SMILES string of the molecule is CC(C)Cc1nc(-c2ccncc2N)n(C)n1. The van der Waals surface area contributed by atoms with Crippen LogP contribution < -0.4 is 5.73 Å². The molecule has 0 saturated carbocycles. The van der Waals surface area contributed by atoms with Crippen molar-refractivity contribution < 1.29 is 0 Å². The van der Waals surface area contributed by atoms with Gasteiger partial charge >= 0.3 is 0 Å². The van der Waals surface area contributed by atoms with Crippen molar-refractivity contribution in [2.24, 2.45) is 13.0 Å². The summed E-state index contributed by atoms with van der Waals surface area (Å²) in [5, 5.41) is 4.40. The maximum absolute atomic E-state index is 5.89. The summed E-state index contributed by atoms with van der Waals surface area (Å²) < 4.78 is 1.77. The van der Waals surface area contributed by atoms with Crippen LogP contribution in [0.25, 0.3) is 11.4 Å². The molecule has 0 bridgehead atoms. The van der Waals surface area contributed by atoms with Gasteiger partial charge in [0.2, 0.25) is 0 Å². The van der Waals surface area contributed by atoms with E-state index in [1.165, 1.54) is 0 Å². The van der Waals surface area contributed by atoms with Crippen molar-refractivity contribution >= 4 is 5.69 Å². The van der Waals surface area contributed by atoms with Crippen molar-refractivity contribution in [2.45, 2.75) is 20.3 Å². The van der Waals surface area contributed by atoms with Gasteiger partial charge in [-0.25, -0.2) is 9.67 Å². The van der Waals surface area contributed by atoms with E-state index in [4.69, 9.17) is 5.73 Å². The van der Waals surface area contributed by atoms with E-state index in [9.17, 15) is 0 Å². The summed E-state index contributed by atoms with van der Waals surface area (Å²) in [6.45, 7) is 4.30. The average molecular weight is 231 g/mol. The smallest absolute Gasteiger partial charge is 0.160 e. The number of nitrogens with zero attached hydrogens (tertiary/aromatic N) is 4. The Morgan fingerprint density at radius 1 is 1.41 bits per heavy atom. The number of pyridine rings is 1. The summed E-state index contributed by atoms with van der Waals surface area (Å²) in [6.07, 6.45) is 4.22. The van der Waals surface area contributed by atoms with E-state index in [2.05, 4.69) is 28.9 Å². The number of hydrogen-bond acceptors (Lipinski definition) is 4. The molecule has 0 radical (unpaired) electrons. The third kappa shape index (κ3) is 2.43. The predicted octanol–water partition coefficient (Wildman–Crippen LogP) is 1.66. The molecule has 0 amide bonds. The fraction of sp³-hybridized carbons (Fsp3) is 0.417. The zero-order chi connectivity index (χ0) is 12.4. The molecule has 0 atom stereocenters. The van der Waals surface area contributed by atoms with E-state index < -0.39 is 0 Å². The van der Waals surface area contributed by atoms with Crippen LogP contribution in [0.5, 0.6) is 0 Å². The molecule has 0 fully saturated rings. The van der Waals surface area contributed by atoms with Crippen LogP contribution in [-0.2, 0) is 13.5 Å². The van der Waals surface area contributed by atoms with Crippen LogP contribution in [0, 0.1) is 5.92 Å². The number of rotatable bonds is 3. The van der Waals surface area contributed by atoms with Gasteiger partial charge in [-0.3, -0.25) is 4.98 Å². The second kappa shape index (κ2) is 4.53. The van der Waals surface area contributed by atoms with Crippen LogP contribution in [0.4, 0.5) is 5.69 Å². The lowest BCUT2D eigenvalue weighted by Crippen LogP contribution is -1.98. The molecule has 5 heteroatoms. The van der Waals surface area contributed by atoms with Crippen molar-refractivity contribution in [1.82, 2.24) is 19.7 Å². The fourth-order valence-electron chi connectivity index (χ4n) is 1.73. The van der Waals surface area contributed by atoms with Gasteiger partial charge in [-0.1, -0.05) is 13.8 Å². The molecule has 17 heavy (non-hydrogen) atoms. The first-order valence-corrected chi connectivity index (χ1v) is 5.67. The van der Waals surface area contributed by atoms with E-state index in [1.54, 1.807) is 17.1 Å². The lowest BCUT2D eigenvalue weighted by Gasteiger charge is -2.02. The molecule has 0 aliphatic heterocycles. The van der Waals surface area contributed by atoms with Gasteiger partial charge < -0.3 is 5.73 Å². The summed E-state index contributed by atoms with van der Waals surface area (Å²) in [7, 11) is 1.88. The Bertz CT molecular complexity index is 515. The Morgan fingerprint density at radius 2 is 2.18 bits per heavy atom. The second-order valence-electron chi connectivity index (χ2n) is 4.54. The highest BCUT2D eigenvalue weighted by atomic mass is 15.3. The molecule has 2 rings (SSSR count). The summed E-state index contributed by atoms with van der Waals surface area (Å²) in [6, 6.07) is 1.86. The minimum absolute atomic E-state index is 0.542. The number of nitrogens with two attached hydrogens (primary N) is 1. The maximum Gasteiger partial charge on any atom is 0.160 e. The van der Waals surface area contributed by atoms with Gasteiger partial charge in [0.15, 0.2) is 11.6 Å². The highest BCUT2D eigenvalue weighted by Crippen LogP contribution is 2.22. The van der Waals surface area contributed by atoms with Crippen LogP contribution in [0.15, 0.2) is 18.5 Å². The van der Waals surface area contributed by atoms with Gasteiger partial charge in [0.25, 0.3) is 0 Å². The molecule has 5 nitrogen and oxygen atoms in total. The standard InChI is InChI=1S/C12H17N5/c1-8(2)6-11-15-12(17(3)16-11)9-4-5-14-7-10(9)13/h4-5,7-8H,6,13H2,1-3H3. The van der Waals surface area contributed by atoms with Crippen molar-refractivity contribution in [3.8, 4) is 11.4 Å². The van der Waals surface area contributed by atoms with E-state index in [1.807, 2.05) is 13.1 Å². The Kier molecular flexibility index (Phi) is 3.08. The van der Waals surface area contributed by atoms with Crippen LogP contribution in [0.3, 0.4) is 0 Å². The molecule has 0 spiro atoms. The molecular formula is C12H17N5. The zero-order valence-electron chi connectivity index (χ0n) is 10.4. The molecule has 2 heterocycles. The van der Waals surface area contributed by atoms with E-state index in [-0.39, 0.29) is 0 Å². The average Bonchev–Trinajstić information content (AvgIpc) is 2.59. The Morgan fingerprint density at radius 3 is 2.82 bits per heavy atom. The third-order valence-electron chi connectivity index (χ3n) is 2.49. The van der Waals surface area contributed by atoms with Crippen molar-refractivity contribution in [3.05, 3.63) is 24.3 Å². The zero-order valence-corrected chi connectivity index (χ0v) is 10.4. The van der Waals surface area contributed by atoms with Gasteiger partial charge in [-0.15, -0.1) is 0 Å². The molecule has 0 unspecified atom stereocenters. The highest BCUT2D eigenvalue weighted by Gasteiger charge is 2.12. The topological polar surface area (TPSA) is 69.6 Å². The fourth-order valence-corrected chi connectivity index (χ4v) is 1.73. The highest BCUT2D eigenvalue weighted by molar-refractivity contribution is 5.70. The van der Waals surface area contributed by atoms with Crippen LogP contribution in [-0.4, -0.2) is 19.7 Å². The van der Waals surface area contributed by atoms with E-state index in [0.29, 0.717) is 11.6 Å². The van der Waals surface area contributed by atoms with E-state index >= 15 is 0 Å². The molecule has 2 aromatic rings. The summed E-state index contributed by atoms with van der Waals surface area (Å²) in [5.41, 5.74) is 7.39. The van der Waals surface area contributed by atoms with Gasteiger partial charge in [0.05, 0.1) is 11.9 Å². The van der Waals surface area contributed by atoms with E-state index in [0.717, 1.165) is 23.6 Å². The largest absolute Gasteiger partial charge is 0.397 e. The van der Waals surface area contributed by atoms with Crippen molar-refractivity contribution in [3.63, 3.8) is 0 Å². The Balaban J connectivity index is 2.40. The first-order valence-electron chi connectivity index (χ1n) is 5.67. The molecule has 0 aliphatic carbocycles. The molecule has 0 aromatic carbocycles. The molecule has 0 saturated heterocycles. The molecule has 0 aliphatic rings. The maximum atomic E-state index is 5.89. The quantitative estimate of drug-likeness (QED) is 0.872. The van der Waals surface area contributed by atoms with Crippen LogP contribution >= 0.6 is 0 Å². The summed E-state index contributed by atoms with van der Waals surface area (Å²) in [5.74, 6) is 2.19. The van der Waals surface area contributed by atoms with Gasteiger partial charge in [-0.2, -0.15) is 5.10 Å². The normalized spacial score (nSPS) is 11.1. The Labute approximate surface area is 101 Å². The second-order valence-corrected chi connectivity index (χ2v) is 4.54. The lowest BCUT2D eigenvalue weighted by molar-refractivity contribution is 0.613. The Hall–Kier alpha value is -1.91. The van der Waals surface area contributed by atoms with Gasteiger partial charge in [-0.05, 0) is 12.0 Å². The van der Waals surface area contributed by atoms with Gasteiger partial charge in [0.1, 0.15) is 0 Å². The monoisotopic (exact) mass is 231 g/mol. The minimum atomic E-state index is 0.542. The third-order valence-corrected chi connectivity index (χ3v) is 2.49. The number of nitrogen functional groups attached to an aromatic ring is 1. The lowest BCUT2D eigenvalue weighted by atomic mass is 10.1. The number of aromatic nitrogens is 4. The summed E-state index contributed by atoms with van der Waals surface area (Å²) >= 11 is 0. The molecular weight excluding hydrogens is 214 g/mol. The van der Waals surface area contributed by atoms with Crippen molar-refractivity contribution in [1.29, 1.82) is 0 Å². The van der Waals surface area contributed by atoms with Gasteiger partial charge in [0, 0.05) is 25.2 Å². The number of anilines is 1. The van der Waals surface area contributed by atoms with Crippen LogP contribution in [0.1, 0.15) is 19.7 Å². The molecule has 90 valence electrons. The number of aryl methyl sites for hydroxylation is 1. The molecule has 2 N–H and O–H groups in total. The van der Waals surface area contributed by atoms with Crippen molar-refractivity contribution in [2.75, 3.05) is 5.73 Å². The first-order chi connectivity index (χ1) is 8.08. The molecule has 2 aromatic heterocycles. The minimum Gasteiger partial charge on any atom is -0.397 e. The van der Waals surface area contributed by atoms with Crippen LogP contribution in [0.2, 0.25) is 0 Å².